The van der Waals surface area contributed by atoms with Crippen molar-refractivity contribution in [3.05, 3.63) is 54.0 Å². The number of hydrogen-bond donors (Lipinski definition) is 0. The summed E-state index contributed by atoms with van der Waals surface area (Å²) in [6, 6.07) is 9.15. The van der Waals surface area contributed by atoms with Gasteiger partial charge in [0.05, 0.1) is 25.7 Å². The van der Waals surface area contributed by atoms with Crippen molar-refractivity contribution in [2.75, 3.05) is 26.9 Å². The van der Waals surface area contributed by atoms with Gasteiger partial charge in [0.2, 0.25) is 0 Å². The van der Waals surface area contributed by atoms with Gasteiger partial charge in [-0.25, -0.2) is 0 Å². The van der Waals surface area contributed by atoms with Gasteiger partial charge in [0.1, 0.15) is 5.75 Å². The number of methoxy groups -OCH3 is 1. The Kier molecular flexibility index (Phi) is 7.36. The van der Waals surface area contributed by atoms with Crippen LogP contribution in [0.15, 0.2) is 47.3 Å². The second-order valence-electron chi connectivity index (χ2n) is 5.58. The summed E-state index contributed by atoms with van der Waals surface area (Å²) in [7, 11) is 1.63. The fourth-order valence-electron chi connectivity index (χ4n) is 2.27. The summed E-state index contributed by atoms with van der Waals surface area (Å²) in [6.07, 6.45) is 5.38. The Morgan fingerprint density at radius 3 is 2.58 bits per heavy atom. The summed E-state index contributed by atoms with van der Waals surface area (Å²) in [5.74, 6) is 0.756. The third kappa shape index (κ3) is 5.42. The van der Waals surface area contributed by atoms with Crippen molar-refractivity contribution in [2.24, 2.45) is 0 Å². The Labute approximate surface area is 143 Å². The molecule has 0 aliphatic heterocycles. The number of furan rings is 1. The molecule has 1 aromatic carbocycles. The number of carbonyl (C=O) groups excluding carboxylic acids is 1. The molecule has 130 valence electrons. The first-order chi connectivity index (χ1) is 11.7. The fraction of sp³-hybridized carbons (Fsp3) is 0.421. The number of unbranched alkanes of at least 4 members (excludes halogenated alkanes) is 1. The van der Waals surface area contributed by atoms with Crippen LogP contribution in [0.3, 0.4) is 0 Å². The van der Waals surface area contributed by atoms with Crippen LogP contribution < -0.4 is 4.74 Å². The molecule has 0 saturated heterocycles. The van der Waals surface area contributed by atoms with Crippen molar-refractivity contribution in [3.8, 4) is 5.75 Å². The summed E-state index contributed by atoms with van der Waals surface area (Å²) in [4.78, 5) is 14.5. The molecule has 2 rings (SSSR count). The first kappa shape index (κ1) is 18.1. The molecule has 0 unspecified atom stereocenters. The molecule has 1 amide bonds. The zero-order valence-electron chi connectivity index (χ0n) is 14.4. The monoisotopic (exact) mass is 331 g/mol. The maximum Gasteiger partial charge on any atom is 0.254 e. The molecule has 1 aromatic heterocycles. The maximum absolute atomic E-state index is 12.7. The normalized spacial score (nSPS) is 10.6. The number of hydrogen-bond acceptors (Lipinski definition) is 4. The van der Waals surface area contributed by atoms with E-state index in [2.05, 4.69) is 6.92 Å². The number of carbonyl (C=O) groups is 1. The highest BCUT2D eigenvalue weighted by Crippen LogP contribution is 2.16. The van der Waals surface area contributed by atoms with Gasteiger partial charge in [-0.2, -0.15) is 0 Å². The van der Waals surface area contributed by atoms with E-state index in [0.717, 1.165) is 24.2 Å². The first-order valence-corrected chi connectivity index (χ1v) is 8.26. The van der Waals surface area contributed by atoms with Gasteiger partial charge < -0.3 is 18.8 Å². The van der Waals surface area contributed by atoms with E-state index in [4.69, 9.17) is 13.9 Å². The smallest absolute Gasteiger partial charge is 0.254 e. The summed E-state index contributed by atoms with van der Waals surface area (Å²) >= 11 is 0. The molecule has 0 bridgehead atoms. The molecule has 1 heterocycles. The summed E-state index contributed by atoms with van der Waals surface area (Å²) in [5.41, 5.74) is 1.59. The minimum atomic E-state index is -0.0339. The molecule has 0 aliphatic carbocycles. The lowest BCUT2D eigenvalue weighted by Crippen LogP contribution is -2.33. The summed E-state index contributed by atoms with van der Waals surface area (Å²) < 4.78 is 15.8. The zero-order chi connectivity index (χ0) is 17.2. The summed E-state index contributed by atoms with van der Waals surface area (Å²) in [6.45, 7) is 4.33. The van der Waals surface area contributed by atoms with E-state index in [9.17, 15) is 4.79 Å². The largest absolute Gasteiger partial charge is 0.494 e. The Bertz CT molecular complexity index is 592. The van der Waals surface area contributed by atoms with Crippen LogP contribution >= 0.6 is 0 Å². The SMILES string of the molecule is CCCCOc1ccc(C(=O)N(CCOC)Cc2ccoc2)cc1. The van der Waals surface area contributed by atoms with Crippen LogP contribution in [0.5, 0.6) is 5.75 Å². The fourth-order valence-corrected chi connectivity index (χ4v) is 2.27. The predicted molar refractivity (Wildman–Crippen MR) is 92.2 cm³/mol. The van der Waals surface area contributed by atoms with Gasteiger partial charge in [0.15, 0.2) is 0 Å². The molecule has 0 radical (unpaired) electrons. The van der Waals surface area contributed by atoms with Crippen molar-refractivity contribution >= 4 is 5.91 Å². The molecule has 0 aliphatic rings. The molecule has 0 spiro atoms. The van der Waals surface area contributed by atoms with Crippen LogP contribution in [0.1, 0.15) is 35.7 Å². The van der Waals surface area contributed by atoms with Crippen LogP contribution in [0.2, 0.25) is 0 Å². The van der Waals surface area contributed by atoms with E-state index in [1.807, 2.05) is 18.2 Å². The highest BCUT2D eigenvalue weighted by atomic mass is 16.5. The van der Waals surface area contributed by atoms with E-state index in [-0.39, 0.29) is 5.91 Å². The summed E-state index contributed by atoms with van der Waals surface area (Å²) in [5, 5.41) is 0. The highest BCUT2D eigenvalue weighted by molar-refractivity contribution is 5.94. The Balaban J connectivity index is 2.01. The quantitative estimate of drug-likeness (QED) is 0.622. The number of ether oxygens (including phenoxy) is 2. The standard InChI is InChI=1S/C19H25NO4/c1-3-4-11-24-18-7-5-17(6-8-18)19(21)20(10-13-22-2)14-16-9-12-23-15-16/h5-9,12,15H,3-4,10-11,13-14H2,1-2H3. The molecule has 5 nitrogen and oxygen atoms in total. The van der Waals surface area contributed by atoms with Gasteiger partial charge in [-0.05, 0) is 36.8 Å². The average molecular weight is 331 g/mol. The van der Waals surface area contributed by atoms with E-state index in [1.165, 1.54) is 0 Å². The molecule has 0 atom stereocenters. The molecule has 0 fully saturated rings. The van der Waals surface area contributed by atoms with Crippen LogP contribution in [-0.4, -0.2) is 37.7 Å². The van der Waals surface area contributed by atoms with Gasteiger partial charge in [-0.3, -0.25) is 4.79 Å². The van der Waals surface area contributed by atoms with Gasteiger partial charge in [0.25, 0.3) is 5.91 Å². The molecule has 0 N–H and O–H groups in total. The Hall–Kier alpha value is -2.27. The number of amides is 1. The van der Waals surface area contributed by atoms with Gasteiger partial charge in [0, 0.05) is 31.3 Å². The van der Waals surface area contributed by atoms with Gasteiger partial charge in [-0.1, -0.05) is 13.3 Å². The van der Waals surface area contributed by atoms with Crippen molar-refractivity contribution < 1.29 is 18.7 Å². The van der Waals surface area contributed by atoms with E-state index >= 15 is 0 Å². The van der Waals surface area contributed by atoms with E-state index in [0.29, 0.717) is 31.9 Å². The maximum atomic E-state index is 12.7. The topological polar surface area (TPSA) is 51.9 Å². The molecule has 2 aromatic rings. The average Bonchev–Trinajstić information content (AvgIpc) is 3.12. The predicted octanol–water partition coefficient (Wildman–Crippen LogP) is 3.75. The minimum absolute atomic E-state index is 0.0339. The van der Waals surface area contributed by atoms with Crippen LogP contribution in [0.4, 0.5) is 0 Å². The van der Waals surface area contributed by atoms with Crippen molar-refractivity contribution in [1.29, 1.82) is 0 Å². The molecular formula is C19H25NO4. The van der Waals surface area contributed by atoms with Crippen molar-refractivity contribution in [1.82, 2.24) is 4.90 Å². The zero-order valence-corrected chi connectivity index (χ0v) is 14.4. The molecule has 5 heteroatoms. The van der Waals surface area contributed by atoms with Crippen molar-refractivity contribution in [3.63, 3.8) is 0 Å². The Morgan fingerprint density at radius 1 is 1.17 bits per heavy atom. The van der Waals surface area contributed by atoms with Crippen LogP contribution in [0.25, 0.3) is 0 Å². The number of benzene rings is 1. The third-order valence-corrected chi connectivity index (χ3v) is 3.67. The highest BCUT2D eigenvalue weighted by Gasteiger charge is 2.16. The van der Waals surface area contributed by atoms with Gasteiger partial charge >= 0.3 is 0 Å². The van der Waals surface area contributed by atoms with Crippen molar-refractivity contribution in [2.45, 2.75) is 26.3 Å². The van der Waals surface area contributed by atoms with Crippen LogP contribution in [0, 0.1) is 0 Å². The third-order valence-electron chi connectivity index (χ3n) is 3.67. The molecule has 0 saturated carbocycles. The second kappa shape index (κ2) is 9.78. The van der Waals surface area contributed by atoms with Crippen LogP contribution in [-0.2, 0) is 11.3 Å². The lowest BCUT2D eigenvalue weighted by atomic mass is 10.1. The van der Waals surface area contributed by atoms with E-state index < -0.39 is 0 Å². The molecule has 24 heavy (non-hydrogen) atoms. The minimum Gasteiger partial charge on any atom is -0.494 e. The molecular weight excluding hydrogens is 306 g/mol. The second-order valence-corrected chi connectivity index (χ2v) is 5.58. The van der Waals surface area contributed by atoms with E-state index in [1.54, 1.807) is 36.7 Å². The van der Waals surface area contributed by atoms with Gasteiger partial charge in [-0.15, -0.1) is 0 Å². The lowest BCUT2D eigenvalue weighted by molar-refractivity contribution is 0.0680. The number of rotatable bonds is 10. The lowest BCUT2D eigenvalue weighted by Gasteiger charge is -2.22. The first-order valence-electron chi connectivity index (χ1n) is 8.26. The number of nitrogens with zero attached hydrogens (tertiary/aromatic N) is 1. The Morgan fingerprint density at radius 2 is 1.96 bits per heavy atom.